The molecule has 0 bridgehead atoms. The minimum atomic E-state index is -1.14. The van der Waals surface area contributed by atoms with Crippen molar-refractivity contribution in [2.45, 2.75) is 0 Å². The molecule has 7 heteroatoms. The number of nitrogens with zero attached hydrogens (tertiary/aromatic N) is 1. The highest BCUT2D eigenvalue weighted by atomic mass is 79.9. The first-order valence-corrected chi connectivity index (χ1v) is 5.22. The van der Waals surface area contributed by atoms with Gasteiger partial charge in [0.15, 0.2) is 11.6 Å². The van der Waals surface area contributed by atoms with Gasteiger partial charge in [-0.05, 0) is 12.1 Å². The number of hydrogen-bond donors (Lipinski definition) is 1. The van der Waals surface area contributed by atoms with Crippen LogP contribution in [0, 0.1) is 11.6 Å². The first-order chi connectivity index (χ1) is 8.06. The van der Waals surface area contributed by atoms with Crippen molar-refractivity contribution in [3.63, 3.8) is 0 Å². The zero-order valence-electron chi connectivity index (χ0n) is 8.21. The molecule has 4 nitrogen and oxygen atoms in total. The summed E-state index contributed by atoms with van der Waals surface area (Å²) < 4.78 is 31.7. The third kappa shape index (κ3) is 2.68. The topological polar surface area (TPSA) is 55.0 Å². The van der Waals surface area contributed by atoms with Gasteiger partial charge in [-0.2, -0.15) is 4.39 Å². The van der Waals surface area contributed by atoms with Crippen LogP contribution in [0.5, 0.6) is 11.6 Å². The molecule has 0 atom stereocenters. The van der Waals surface area contributed by atoms with E-state index >= 15 is 0 Å². The van der Waals surface area contributed by atoms with E-state index in [1.54, 1.807) is 0 Å². The molecule has 0 aliphatic heterocycles. The lowest BCUT2D eigenvalue weighted by molar-refractivity contribution is 0.403. The van der Waals surface area contributed by atoms with Gasteiger partial charge in [-0.3, -0.25) is 4.79 Å². The van der Waals surface area contributed by atoms with E-state index in [-0.39, 0.29) is 11.6 Å². The maximum atomic E-state index is 13.3. The Kier molecular flexibility index (Phi) is 3.19. The van der Waals surface area contributed by atoms with Crippen LogP contribution in [-0.4, -0.2) is 9.97 Å². The Morgan fingerprint density at radius 2 is 2.06 bits per heavy atom. The molecule has 2 aromatic rings. The van der Waals surface area contributed by atoms with E-state index in [0.29, 0.717) is 4.47 Å². The number of rotatable bonds is 2. The number of benzene rings is 1. The van der Waals surface area contributed by atoms with E-state index in [1.165, 1.54) is 6.07 Å². The van der Waals surface area contributed by atoms with Gasteiger partial charge >= 0.3 is 0 Å². The molecule has 1 heterocycles. The van der Waals surface area contributed by atoms with Gasteiger partial charge in [-0.15, -0.1) is 0 Å². The van der Waals surface area contributed by atoms with Gasteiger partial charge in [0.25, 0.3) is 5.56 Å². The Labute approximate surface area is 102 Å². The summed E-state index contributed by atoms with van der Waals surface area (Å²) in [5.41, 5.74) is -0.453. The van der Waals surface area contributed by atoms with Crippen LogP contribution < -0.4 is 10.3 Å². The molecule has 2 rings (SSSR count). The fraction of sp³-hybridized carbons (Fsp3) is 0. The first kappa shape index (κ1) is 11.7. The molecule has 0 spiro atoms. The molecule has 0 aliphatic rings. The molecule has 17 heavy (non-hydrogen) atoms. The number of hydrogen-bond acceptors (Lipinski definition) is 3. The van der Waals surface area contributed by atoms with E-state index in [0.717, 1.165) is 18.5 Å². The van der Waals surface area contributed by atoms with E-state index in [2.05, 4.69) is 25.9 Å². The molecule has 0 aliphatic carbocycles. The zero-order chi connectivity index (χ0) is 12.4. The second kappa shape index (κ2) is 4.62. The third-order valence-electron chi connectivity index (χ3n) is 1.83. The Bertz CT molecular complexity index is 615. The van der Waals surface area contributed by atoms with Crippen molar-refractivity contribution in [2.24, 2.45) is 0 Å². The van der Waals surface area contributed by atoms with Crippen molar-refractivity contribution in [3.8, 4) is 11.6 Å². The number of aromatic nitrogens is 2. The number of H-pyrrole nitrogens is 1. The molecule has 0 fully saturated rings. The maximum Gasteiger partial charge on any atom is 0.254 e. The fourth-order valence-electron chi connectivity index (χ4n) is 1.13. The van der Waals surface area contributed by atoms with Crippen LogP contribution in [0.15, 0.2) is 33.8 Å². The molecular formula is C10H5BrF2N2O2. The second-order valence-electron chi connectivity index (χ2n) is 3.05. The van der Waals surface area contributed by atoms with Gasteiger partial charge in [-0.25, -0.2) is 9.37 Å². The van der Waals surface area contributed by atoms with Crippen LogP contribution in [-0.2, 0) is 0 Å². The van der Waals surface area contributed by atoms with Gasteiger partial charge in [0.1, 0.15) is 0 Å². The number of halogens is 3. The first-order valence-electron chi connectivity index (χ1n) is 4.43. The average molecular weight is 303 g/mol. The zero-order valence-corrected chi connectivity index (χ0v) is 9.79. The van der Waals surface area contributed by atoms with Crippen LogP contribution in [0.1, 0.15) is 0 Å². The van der Waals surface area contributed by atoms with E-state index in [9.17, 15) is 13.6 Å². The Hall–Kier alpha value is -1.76. The van der Waals surface area contributed by atoms with Crippen LogP contribution in [0.2, 0.25) is 0 Å². The lowest BCUT2D eigenvalue weighted by Gasteiger charge is -2.06. The highest BCUT2D eigenvalue weighted by Gasteiger charge is 2.12. The van der Waals surface area contributed by atoms with Crippen molar-refractivity contribution in [1.82, 2.24) is 9.97 Å². The van der Waals surface area contributed by atoms with E-state index in [1.807, 2.05) is 0 Å². The Balaban J connectivity index is 2.39. The van der Waals surface area contributed by atoms with Crippen LogP contribution in [0.4, 0.5) is 8.78 Å². The summed E-state index contributed by atoms with van der Waals surface area (Å²) in [5.74, 6) is -2.67. The quantitative estimate of drug-likeness (QED) is 0.868. The Morgan fingerprint density at radius 1 is 1.29 bits per heavy atom. The van der Waals surface area contributed by atoms with Crippen molar-refractivity contribution < 1.29 is 13.5 Å². The SMILES string of the molecule is O=c1cc(Oc2cc(Br)cc(F)c2F)nc[nH]1. The predicted octanol–water partition coefficient (Wildman–Crippen LogP) is 2.60. The minimum absolute atomic E-state index is 0.120. The standard InChI is InChI=1S/C10H5BrF2N2O2/c11-5-1-6(12)10(13)7(2-5)17-9-3-8(16)14-4-15-9/h1-4H,(H,14,15,16). The van der Waals surface area contributed by atoms with Gasteiger partial charge in [0.2, 0.25) is 11.7 Å². The molecular weight excluding hydrogens is 298 g/mol. The van der Waals surface area contributed by atoms with Crippen LogP contribution >= 0.6 is 15.9 Å². The monoisotopic (exact) mass is 302 g/mol. The molecule has 1 aromatic carbocycles. The fourth-order valence-corrected chi connectivity index (χ4v) is 1.53. The van der Waals surface area contributed by atoms with Gasteiger partial charge < -0.3 is 9.72 Å². The third-order valence-corrected chi connectivity index (χ3v) is 2.29. The van der Waals surface area contributed by atoms with Crippen molar-refractivity contribution in [2.75, 3.05) is 0 Å². The average Bonchev–Trinajstić information content (AvgIpc) is 2.25. The summed E-state index contributed by atoms with van der Waals surface area (Å²) in [6.07, 6.45) is 1.10. The summed E-state index contributed by atoms with van der Waals surface area (Å²) >= 11 is 3.00. The minimum Gasteiger partial charge on any atom is -0.436 e. The molecule has 1 aromatic heterocycles. The summed E-state index contributed by atoms with van der Waals surface area (Å²) in [6, 6.07) is 3.23. The number of ether oxygens (including phenoxy) is 1. The Morgan fingerprint density at radius 3 is 2.76 bits per heavy atom. The van der Waals surface area contributed by atoms with Crippen LogP contribution in [0.3, 0.4) is 0 Å². The van der Waals surface area contributed by atoms with E-state index in [4.69, 9.17) is 4.74 Å². The smallest absolute Gasteiger partial charge is 0.254 e. The van der Waals surface area contributed by atoms with Crippen molar-refractivity contribution in [1.29, 1.82) is 0 Å². The molecule has 1 N–H and O–H groups in total. The summed E-state index contributed by atoms with van der Waals surface area (Å²) in [5, 5.41) is 0. The van der Waals surface area contributed by atoms with Gasteiger partial charge in [0, 0.05) is 4.47 Å². The van der Waals surface area contributed by atoms with E-state index < -0.39 is 17.2 Å². The highest BCUT2D eigenvalue weighted by Crippen LogP contribution is 2.28. The highest BCUT2D eigenvalue weighted by molar-refractivity contribution is 9.10. The van der Waals surface area contributed by atoms with Gasteiger partial charge in [-0.1, -0.05) is 15.9 Å². The van der Waals surface area contributed by atoms with Crippen molar-refractivity contribution in [3.05, 3.63) is 51.0 Å². The molecule has 0 radical (unpaired) electrons. The second-order valence-corrected chi connectivity index (χ2v) is 3.97. The summed E-state index contributed by atoms with van der Waals surface area (Å²) in [6.45, 7) is 0. The molecule has 0 unspecified atom stereocenters. The predicted molar refractivity (Wildman–Crippen MR) is 59.0 cm³/mol. The lowest BCUT2D eigenvalue weighted by Crippen LogP contribution is -2.05. The molecule has 88 valence electrons. The van der Waals surface area contributed by atoms with Crippen LogP contribution in [0.25, 0.3) is 0 Å². The molecule has 0 saturated heterocycles. The molecule has 0 amide bonds. The van der Waals surface area contributed by atoms with Gasteiger partial charge in [0.05, 0.1) is 12.4 Å². The maximum absolute atomic E-state index is 13.3. The number of aromatic amines is 1. The molecule has 0 saturated carbocycles. The van der Waals surface area contributed by atoms with Crippen molar-refractivity contribution >= 4 is 15.9 Å². The summed E-state index contributed by atoms with van der Waals surface area (Å²) in [7, 11) is 0. The summed E-state index contributed by atoms with van der Waals surface area (Å²) in [4.78, 5) is 16.9. The lowest BCUT2D eigenvalue weighted by atomic mass is 10.3. The number of nitrogens with one attached hydrogen (secondary N) is 1. The largest absolute Gasteiger partial charge is 0.436 e. The normalized spacial score (nSPS) is 10.3.